The minimum Gasteiger partial charge on any atom is -0.480 e. The van der Waals surface area contributed by atoms with Crippen molar-refractivity contribution in [2.24, 2.45) is 0 Å². The Labute approximate surface area is 124 Å². The number of benzene rings is 1. The Balaban J connectivity index is 2.54. The summed E-state index contributed by atoms with van der Waals surface area (Å²) in [5.41, 5.74) is 0.747. The first-order valence-corrected chi connectivity index (χ1v) is 7.31. The molecular weight excluding hydrogens is 365 g/mol. The lowest BCUT2D eigenvalue weighted by Gasteiger charge is -2.18. The summed E-state index contributed by atoms with van der Waals surface area (Å²) in [6.45, 7) is 3.17. The van der Waals surface area contributed by atoms with Gasteiger partial charge >= 0.3 is 5.97 Å². The molecule has 2 N–H and O–H groups in total. The Kier molecular flexibility index (Phi) is 5.46. The molecule has 0 bridgehead atoms. The summed E-state index contributed by atoms with van der Waals surface area (Å²) in [5, 5.41) is 11.7. The van der Waals surface area contributed by atoms with E-state index < -0.39 is 10.7 Å². The van der Waals surface area contributed by atoms with Crippen LogP contribution >= 0.6 is 34.4 Å². The van der Waals surface area contributed by atoms with Gasteiger partial charge in [-0.2, -0.15) is 0 Å². The SMILES string of the molecule is CC(C)(SCC(=O)Nc1ccccc1I)C(=O)O. The molecule has 18 heavy (non-hydrogen) atoms. The summed E-state index contributed by atoms with van der Waals surface area (Å²) in [6, 6.07) is 7.43. The summed E-state index contributed by atoms with van der Waals surface area (Å²) in [4.78, 5) is 22.6. The van der Waals surface area contributed by atoms with Gasteiger partial charge < -0.3 is 10.4 Å². The number of nitrogens with one attached hydrogen (secondary N) is 1. The Morgan fingerprint density at radius 3 is 2.56 bits per heavy atom. The highest BCUT2D eigenvalue weighted by Crippen LogP contribution is 2.25. The van der Waals surface area contributed by atoms with E-state index in [2.05, 4.69) is 27.9 Å². The smallest absolute Gasteiger partial charge is 0.319 e. The number of aliphatic carboxylic acids is 1. The number of rotatable bonds is 5. The van der Waals surface area contributed by atoms with Crippen LogP contribution in [0.3, 0.4) is 0 Å². The van der Waals surface area contributed by atoms with Gasteiger partial charge in [0.15, 0.2) is 0 Å². The number of thioether (sulfide) groups is 1. The summed E-state index contributed by atoms with van der Waals surface area (Å²) >= 11 is 3.24. The van der Waals surface area contributed by atoms with Crippen LogP contribution in [0.5, 0.6) is 0 Å². The molecule has 0 radical (unpaired) electrons. The van der Waals surface area contributed by atoms with Crippen LogP contribution in [-0.4, -0.2) is 27.5 Å². The van der Waals surface area contributed by atoms with Crippen LogP contribution in [0.25, 0.3) is 0 Å². The van der Waals surface area contributed by atoms with Crippen LogP contribution in [0.15, 0.2) is 24.3 Å². The fourth-order valence-electron chi connectivity index (χ4n) is 1.06. The summed E-state index contributed by atoms with van der Waals surface area (Å²) < 4.78 is -0.00721. The molecule has 0 aliphatic rings. The zero-order chi connectivity index (χ0) is 13.8. The van der Waals surface area contributed by atoms with Crippen molar-refractivity contribution in [2.75, 3.05) is 11.1 Å². The molecule has 0 atom stereocenters. The molecule has 0 saturated heterocycles. The van der Waals surface area contributed by atoms with Crippen molar-refractivity contribution in [2.45, 2.75) is 18.6 Å². The molecule has 0 saturated carbocycles. The van der Waals surface area contributed by atoms with E-state index in [1.54, 1.807) is 13.8 Å². The van der Waals surface area contributed by atoms with Gasteiger partial charge in [0, 0.05) is 3.57 Å². The van der Waals surface area contributed by atoms with Gasteiger partial charge in [0.05, 0.1) is 11.4 Å². The largest absolute Gasteiger partial charge is 0.480 e. The van der Waals surface area contributed by atoms with Crippen LogP contribution < -0.4 is 5.32 Å². The number of hydrogen-bond donors (Lipinski definition) is 2. The van der Waals surface area contributed by atoms with Crippen molar-refractivity contribution in [3.63, 3.8) is 0 Å². The lowest BCUT2D eigenvalue weighted by atomic mass is 10.2. The van der Waals surface area contributed by atoms with E-state index in [1.807, 2.05) is 24.3 Å². The average molecular weight is 379 g/mol. The second-order valence-corrected chi connectivity index (χ2v) is 6.89. The normalized spacial score (nSPS) is 11.1. The maximum absolute atomic E-state index is 11.7. The highest BCUT2D eigenvalue weighted by Gasteiger charge is 2.28. The van der Waals surface area contributed by atoms with Crippen molar-refractivity contribution in [3.05, 3.63) is 27.8 Å². The predicted octanol–water partition coefficient (Wildman–Crippen LogP) is 2.83. The first-order chi connectivity index (χ1) is 8.33. The second kappa shape index (κ2) is 6.42. The zero-order valence-electron chi connectivity index (χ0n) is 10.1. The van der Waals surface area contributed by atoms with Gasteiger partial charge in [-0.3, -0.25) is 9.59 Å². The maximum atomic E-state index is 11.7. The third kappa shape index (κ3) is 4.49. The Morgan fingerprint density at radius 1 is 1.39 bits per heavy atom. The number of carbonyl (C=O) groups excluding carboxylic acids is 1. The number of anilines is 1. The molecule has 1 aromatic rings. The fourth-order valence-corrected chi connectivity index (χ4v) is 2.27. The van der Waals surface area contributed by atoms with Gasteiger partial charge in [-0.1, -0.05) is 12.1 Å². The quantitative estimate of drug-likeness (QED) is 0.773. The number of halogens is 1. The summed E-state index contributed by atoms with van der Waals surface area (Å²) in [7, 11) is 0. The molecule has 98 valence electrons. The third-order valence-electron chi connectivity index (χ3n) is 2.23. The number of carbonyl (C=O) groups is 2. The number of carboxylic acid groups (broad SMARTS) is 1. The molecule has 6 heteroatoms. The number of hydrogen-bond acceptors (Lipinski definition) is 3. The van der Waals surface area contributed by atoms with Crippen LogP contribution in [0, 0.1) is 3.57 Å². The first kappa shape index (κ1) is 15.3. The molecule has 1 rings (SSSR count). The van der Waals surface area contributed by atoms with Crippen molar-refractivity contribution < 1.29 is 14.7 Å². The lowest BCUT2D eigenvalue weighted by Crippen LogP contribution is -2.29. The fraction of sp³-hybridized carbons (Fsp3) is 0.333. The molecule has 1 aromatic carbocycles. The van der Waals surface area contributed by atoms with E-state index in [-0.39, 0.29) is 11.7 Å². The molecule has 0 unspecified atom stereocenters. The molecule has 0 aliphatic heterocycles. The van der Waals surface area contributed by atoms with Gasteiger partial charge in [-0.15, -0.1) is 11.8 Å². The molecule has 0 fully saturated rings. The average Bonchev–Trinajstić information content (AvgIpc) is 2.29. The molecule has 4 nitrogen and oxygen atoms in total. The highest BCUT2D eigenvalue weighted by atomic mass is 127. The Morgan fingerprint density at radius 2 is 2.00 bits per heavy atom. The zero-order valence-corrected chi connectivity index (χ0v) is 13.0. The Bertz CT molecular complexity index is 462. The standard InChI is InChI=1S/C12H14INO3S/c1-12(2,11(16)17)18-7-10(15)14-9-6-4-3-5-8(9)13/h3-6H,7H2,1-2H3,(H,14,15)(H,16,17). The van der Waals surface area contributed by atoms with Crippen molar-refractivity contribution in [3.8, 4) is 0 Å². The molecule has 0 aromatic heterocycles. The number of carboxylic acids is 1. The highest BCUT2D eigenvalue weighted by molar-refractivity contribution is 14.1. The minimum atomic E-state index is -0.957. The Hall–Kier alpha value is -0.760. The van der Waals surface area contributed by atoms with E-state index >= 15 is 0 Å². The van der Waals surface area contributed by atoms with E-state index in [4.69, 9.17) is 5.11 Å². The van der Waals surface area contributed by atoms with Gasteiger partial charge in [0.2, 0.25) is 5.91 Å². The minimum absolute atomic E-state index is 0.115. The molecule has 1 amide bonds. The monoisotopic (exact) mass is 379 g/mol. The maximum Gasteiger partial charge on any atom is 0.319 e. The van der Waals surface area contributed by atoms with Crippen LogP contribution in [0.2, 0.25) is 0 Å². The first-order valence-electron chi connectivity index (χ1n) is 5.24. The molecule has 0 spiro atoms. The molecular formula is C12H14INO3S. The third-order valence-corrected chi connectivity index (χ3v) is 4.47. The van der Waals surface area contributed by atoms with E-state index in [0.717, 1.165) is 21.0 Å². The predicted molar refractivity (Wildman–Crippen MR) is 82.0 cm³/mol. The molecule has 0 aliphatic carbocycles. The number of para-hydroxylation sites is 1. The van der Waals surface area contributed by atoms with Crippen LogP contribution in [-0.2, 0) is 9.59 Å². The lowest BCUT2D eigenvalue weighted by molar-refractivity contribution is -0.138. The van der Waals surface area contributed by atoms with Gasteiger partial charge in [-0.25, -0.2) is 0 Å². The van der Waals surface area contributed by atoms with Crippen molar-refractivity contribution in [1.82, 2.24) is 0 Å². The van der Waals surface area contributed by atoms with E-state index in [1.165, 1.54) is 0 Å². The van der Waals surface area contributed by atoms with E-state index in [9.17, 15) is 9.59 Å². The second-order valence-electron chi connectivity index (χ2n) is 4.13. The number of amides is 1. The summed E-state index contributed by atoms with van der Waals surface area (Å²) in [5.74, 6) is -1.00. The van der Waals surface area contributed by atoms with Crippen molar-refractivity contribution in [1.29, 1.82) is 0 Å². The van der Waals surface area contributed by atoms with Gasteiger partial charge in [0.1, 0.15) is 4.75 Å². The van der Waals surface area contributed by atoms with Gasteiger partial charge in [0.25, 0.3) is 0 Å². The summed E-state index contributed by atoms with van der Waals surface area (Å²) in [6.07, 6.45) is 0. The van der Waals surface area contributed by atoms with Crippen LogP contribution in [0.1, 0.15) is 13.8 Å². The topological polar surface area (TPSA) is 66.4 Å². The van der Waals surface area contributed by atoms with Gasteiger partial charge in [-0.05, 0) is 48.6 Å². The molecule has 0 heterocycles. The van der Waals surface area contributed by atoms with Crippen LogP contribution in [0.4, 0.5) is 5.69 Å². The van der Waals surface area contributed by atoms with Crippen molar-refractivity contribution >= 4 is 51.9 Å². The van der Waals surface area contributed by atoms with E-state index in [0.29, 0.717) is 0 Å².